The second-order valence-corrected chi connectivity index (χ2v) is 10.3. The van der Waals surface area contributed by atoms with Gasteiger partial charge in [0.05, 0.1) is 31.5 Å². The maximum Gasteiger partial charge on any atom is 0.319 e. The quantitative estimate of drug-likeness (QED) is 0.358. The minimum absolute atomic E-state index is 0. The van der Waals surface area contributed by atoms with Gasteiger partial charge in [0.1, 0.15) is 7.85 Å². The maximum absolute atomic E-state index is 12.3. The molecule has 0 N–H and O–H groups in total. The predicted octanol–water partition coefficient (Wildman–Crippen LogP) is 4.29. The molecule has 0 aliphatic carbocycles. The molecule has 0 bridgehead atoms. The standard InChI is InChI=1S/C20H38BO5P.Y/c1-11(2)8-17-16(13(5)15(7)25-17)9-23-27(22)24-10-18-19(12(3)4)14(6)20(21)26-18;/h11-20,27H,8-10H2,1-7H3;/t13?,14?,15-,16+,17+,18+,19+,20+;/m0./s1. The fraction of sp³-hybridized carbons (Fsp3) is 1.00. The third-order valence-electron chi connectivity index (χ3n) is 6.40. The van der Waals surface area contributed by atoms with Crippen molar-refractivity contribution in [1.82, 2.24) is 0 Å². The molecule has 2 saturated heterocycles. The van der Waals surface area contributed by atoms with Crippen LogP contribution in [0, 0.1) is 35.5 Å². The Morgan fingerprint density at radius 2 is 1.57 bits per heavy atom. The average molecular weight is 489 g/mol. The summed E-state index contributed by atoms with van der Waals surface area (Å²) in [5.74, 6) is 2.18. The van der Waals surface area contributed by atoms with E-state index in [1.54, 1.807) is 0 Å². The molecule has 0 spiro atoms. The van der Waals surface area contributed by atoms with Gasteiger partial charge in [-0.25, -0.2) is 0 Å². The molecule has 2 rings (SSSR count). The molecular formula is C20H38BO5PY. The zero-order valence-electron chi connectivity index (χ0n) is 18.6. The van der Waals surface area contributed by atoms with Gasteiger partial charge in [-0.05, 0) is 42.9 Å². The van der Waals surface area contributed by atoms with Gasteiger partial charge < -0.3 is 18.5 Å². The molecule has 2 heterocycles. The molecule has 28 heavy (non-hydrogen) atoms. The smallest absolute Gasteiger partial charge is 0.319 e. The normalized spacial score (nSPS) is 39.5. The number of rotatable bonds is 9. The summed E-state index contributed by atoms with van der Waals surface area (Å²) in [6.45, 7) is 15.8. The summed E-state index contributed by atoms with van der Waals surface area (Å²) in [6.07, 6.45) is 1.22. The summed E-state index contributed by atoms with van der Waals surface area (Å²) in [4.78, 5) is 0. The van der Waals surface area contributed by atoms with Crippen molar-refractivity contribution < 1.29 is 55.8 Å². The molecule has 9 atom stereocenters. The number of hydrogen-bond acceptors (Lipinski definition) is 5. The van der Waals surface area contributed by atoms with Crippen molar-refractivity contribution in [3.8, 4) is 0 Å². The largest absolute Gasteiger partial charge is 0.382 e. The van der Waals surface area contributed by atoms with Gasteiger partial charge in [0, 0.05) is 44.6 Å². The molecule has 0 amide bonds. The van der Waals surface area contributed by atoms with Crippen LogP contribution >= 0.6 is 8.25 Å². The van der Waals surface area contributed by atoms with E-state index in [-0.39, 0.29) is 75.5 Å². The van der Waals surface area contributed by atoms with Crippen molar-refractivity contribution >= 4 is 16.1 Å². The molecule has 3 unspecified atom stereocenters. The third-order valence-corrected chi connectivity index (χ3v) is 7.21. The molecule has 2 fully saturated rings. The molecular weight excluding hydrogens is 451 g/mol. The Morgan fingerprint density at radius 1 is 0.964 bits per heavy atom. The molecule has 0 aromatic rings. The number of ether oxygens (including phenoxy) is 2. The molecule has 8 heteroatoms. The summed E-state index contributed by atoms with van der Waals surface area (Å²) in [6, 6.07) is -0.288. The van der Waals surface area contributed by atoms with Gasteiger partial charge in [0.15, 0.2) is 0 Å². The van der Waals surface area contributed by atoms with Crippen molar-refractivity contribution in [1.29, 1.82) is 0 Å². The zero-order chi connectivity index (χ0) is 20.3. The molecule has 159 valence electrons. The molecule has 0 aromatic carbocycles. The van der Waals surface area contributed by atoms with Crippen LogP contribution in [-0.4, -0.2) is 45.4 Å². The van der Waals surface area contributed by atoms with Crippen LogP contribution in [0.1, 0.15) is 54.9 Å². The first kappa shape index (κ1) is 27.3. The Balaban J connectivity index is 0.00000392. The van der Waals surface area contributed by atoms with Crippen molar-refractivity contribution in [2.24, 2.45) is 35.5 Å². The maximum atomic E-state index is 12.3. The van der Waals surface area contributed by atoms with Gasteiger partial charge in [-0.2, -0.15) is 0 Å². The van der Waals surface area contributed by atoms with Crippen LogP contribution in [0.5, 0.6) is 0 Å². The van der Waals surface area contributed by atoms with Gasteiger partial charge in [-0.1, -0.05) is 41.5 Å². The van der Waals surface area contributed by atoms with Crippen molar-refractivity contribution in [3.63, 3.8) is 0 Å². The van der Waals surface area contributed by atoms with E-state index in [0.29, 0.717) is 30.3 Å². The molecule has 0 saturated carbocycles. The van der Waals surface area contributed by atoms with Crippen LogP contribution in [0.2, 0.25) is 0 Å². The minimum atomic E-state index is -2.56. The van der Waals surface area contributed by atoms with Crippen LogP contribution in [0.3, 0.4) is 0 Å². The minimum Gasteiger partial charge on any atom is -0.382 e. The molecule has 2 aliphatic heterocycles. The average Bonchev–Trinajstić information content (AvgIpc) is 3.00. The van der Waals surface area contributed by atoms with E-state index in [1.165, 1.54) is 0 Å². The topological polar surface area (TPSA) is 54.0 Å². The van der Waals surface area contributed by atoms with E-state index < -0.39 is 8.25 Å². The van der Waals surface area contributed by atoms with E-state index in [1.807, 2.05) is 0 Å². The van der Waals surface area contributed by atoms with E-state index in [2.05, 4.69) is 48.5 Å². The van der Waals surface area contributed by atoms with Crippen molar-refractivity contribution in [3.05, 3.63) is 0 Å². The van der Waals surface area contributed by atoms with Gasteiger partial charge in [-0.3, -0.25) is 4.57 Å². The second kappa shape index (κ2) is 12.3. The molecule has 2 aliphatic rings. The molecule has 3 radical (unpaired) electrons. The fourth-order valence-electron chi connectivity index (χ4n) is 4.66. The third kappa shape index (κ3) is 7.14. The van der Waals surface area contributed by atoms with Gasteiger partial charge >= 0.3 is 8.25 Å². The Kier molecular flexibility index (Phi) is 12.0. The summed E-state index contributed by atoms with van der Waals surface area (Å²) in [5, 5.41) is 0. The summed E-state index contributed by atoms with van der Waals surface area (Å²) in [7, 11) is 3.47. The summed E-state index contributed by atoms with van der Waals surface area (Å²) >= 11 is 0. The second-order valence-electron chi connectivity index (χ2n) is 9.22. The molecule has 5 nitrogen and oxygen atoms in total. The van der Waals surface area contributed by atoms with E-state index >= 15 is 0 Å². The first-order valence-corrected chi connectivity index (χ1v) is 11.7. The van der Waals surface area contributed by atoms with Crippen LogP contribution in [0.4, 0.5) is 0 Å². The predicted molar refractivity (Wildman–Crippen MR) is 109 cm³/mol. The summed E-state index contributed by atoms with van der Waals surface area (Å²) in [5.41, 5.74) is 0. The van der Waals surface area contributed by atoms with Crippen LogP contribution in [0.25, 0.3) is 0 Å². The monoisotopic (exact) mass is 489 g/mol. The van der Waals surface area contributed by atoms with Gasteiger partial charge in [-0.15, -0.1) is 0 Å². The Hall–Kier alpha value is 1.24. The SMILES string of the molecule is [B][C@@H]1O[C@H](CO[PH](=O)OC[C@@H]2C(C)[C@H](C)O[C@@H]2CC(C)C)[C@H](C(C)C)C1C.[Y]. The summed E-state index contributed by atoms with van der Waals surface area (Å²) < 4.78 is 35.4. The van der Waals surface area contributed by atoms with E-state index in [4.69, 9.17) is 26.4 Å². The van der Waals surface area contributed by atoms with Gasteiger partial charge in [0.2, 0.25) is 0 Å². The van der Waals surface area contributed by atoms with Crippen molar-refractivity contribution in [2.45, 2.75) is 79.2 Å². The Bertz CT molecular complexity index is 493. The Morgan fingerprint density at radius 3 is 2.14 bits per heavy atom. The Labute approximate surface area is 199 Å². The van der Waals surface area contributed by atoms with Crippen molar-refractivity contribution in [2.75, 3.05) is 13.2 Å². The van der Waals surface area contributed by atoms with Crippen LogP contribution in [0.15, 0.2) is 0 Å². The first-order valence-electron chi connectivity index (χ1n) is 10.5. The van der Waals surface area contributed by atoms with E-state index in [9.17, 15) is 4.57 Å². The fourth-order valence-corrected chi connectivity index (χ4v) is 5.37. The van der Waals surface area contributed by atoms with Gasteiger partial charge in [0.25, 0.3) is 0 Å². The first-order chi connectivity index (χ1) is 12.6. The van der Waals surface area contributed by atoms with E-state index in [0.717, 1.165) is 6.42 Å². The molecule has 0 aromatic heterocycles. The van der Waals surface area contributed by atoms with Crippen LogP contribution < -0.4 is 0 Å². The van der Waals surface area contributed by atoms with Crippen LogP contribution in [-0.2, 0) is 55.8 Å². The number of hydrogen-bond donors (Lipinski definition) is 0. The zero-order valence-corrected chi connectivity index (χ0v) is 22.4.